The molecule has 0 bridgehead atoms. The predicted molar refractivity (Wildman–Crippen MR) is 138 cm³/mol. The summed E-state index contributed by atoms with van der Waals surface area (Å²) in [4.78, 5) is 44.2. The number of carbonyl (C=O) groups excluding carboxylic acids is 3. The summed E-state index contributed by atoms with van der Waals surface area (Å²) in [7, 11) is 0. The number of anilines is 2. The van der Waals surface area contributed by atoms with Crippen LogP contribution in [0.15, 0.2) is 42.5 Å². The van der Waals surface area contributed by atoms with Crippen molar-refractivity contribution in [2.45, 2.75) is 12.5 Å². The molecule has 11 heteroatoms. The quantitative estimate of drug-likeness (QED) is 0.590. The Morgan fingerprint density at radius 1 is 0.943 bits per heavy atom. The van der Waals surface area contributed by atoms with Gasteiger partial charge in [0.25, 0.3) is 0 Å². The van der Waals surface area contributed by atoms with Crippen LogP contribution in [-0.4, -0.2) is 79.4 Å². The normalized spacial score (nSPS) is 18.8. The summed E-state index contributed by atoms with van der Waals surface area (Å²) < 4.78 is 0. The van der Waals surface area contributed by atoms with Crippen molar-refractivity contribution in [1.29, 1.82) is 0 Å². The number of hydrogen-bond acceptors (Lipinski definition) is 5. The second-order valence-corrected chi connectivity index (χ2v) is 9.86. The highest BCUT2D eigenvalue weighted by atomic mass is 35.5. The number of halogens is 3. The number of rotatable bonds is 6. The zero-order valence-corrected chi connectivity index (χ0v) is 21.2. The first kappa shape index (κ1) is 25.6. The van der Waals surface area contributed by atoms with Gasteiger partial charge in [0, 0.05) is 65.7 Å². The molecule has 35 heavy (non-hydrogen) atoms. The van der Waals surface area contributed by atoms with Crippen LogP contribution >= 0.6 is 34.8 Å². The molecule has 2 aromatic rings. The van der Waals surface area contributed by atoms with E-state index in [0.717, 1.165) is 18.8 Å². The van der Waals surface area contributed by atoms with Crippen LogP contribution in [0.2, 0.25) is 15.1 Å². The van der Waals surface area contributed by atoms with E-state index in [1.165, 1.54) is 4.90 Å². The molecule has 186 valence electrons. The average molecular weight is 539 g/mol. The number of benzene rings is 2. The van der Waals surface area contributed by atoms with Crippen LogP contribution in [0.25, 0.3) is 0 Å². The summed E-state index contributed by atoms with van der Waals surface area (Å²) in [6, 6.07) is 11.5. The van der Waals surface area contributed by atoms with Crippen molar-refractivity contribution in [2.75, 3.05) is 56.0 Å². The van der Waals surface area contributed by atoms with Gasteiger partial charge in [0.05, 0.1) is 13.0 Å². The van der Waals surface area contributed by atoms with E-state index in [-0.39, 0.29) is 24.8 Å². The lowest BCUT2D eigenvalue weighted by Crippen LogP contribution is -2.60. The summed E-state index contributed by atoms with van der Waals surface area (Å²) in [5.41, 5.74) is 1.49. The molecule has 2 fully saturated rings. The number of piperazine rings is 2. The Kier molecular flexibility index (Phi) is 8.38. The number of amides is 3. The standard InChI is InChI=1S/C24H26Cl3N5O3/c25-16-2-1-3-20(13-16)31-8-6-30(7-9-31)15-23(34)32-5-4-28-24(35)21(32)14-22(33)29-19-11-17(26)10-18(27)12-19/h1-3,10-13,21H,4-9,14-15H2,(H,28,35)(H,29,33)/t21-/m1/s1. The lowest BCUT2D eigenvalue weighted by molar-refractivity contribution is -0.145. The maximum atomic E-state index is 13.2. The summed E-state index contributed by atoms with van der Waals surface area (Å²) in [6.07, 6.45) is -0.162. The second-order valence-electron chi connectivity index (χ2n) is 8.55. The van der Waals surface area contributed by atoms with Gasteiger partial charge in [-0.3, -0.25) is 19.3 Å². The smallest absolute Gasteiger partial charge is 0.243 e. The third-order valence-corrected chi connectivity index (χ3v) is 6.75. The Bertz CT molecular complexity index is 1090. The molecule has 1 atom stereocenters. The van der Waals surface area contributed by atoms with Gasteiger partial charge >= 0.3 is 0 Å². The molecule has 0 saturated carbocycles. The van der Waals surface area contributed by atoms with Gasteiger partial charge in [0.2, 0.25) is 17.7 Å². The summed E-state index contributed by atoms with van der Waals surface area (Å²) in [5, 5.41) is 6.92. The van der Waals surface area contributed by atoms with E-state index >= 15 is 0 Å². The molecule has 0 unspecified atom stereocenters. The molecular formula is C24H26Cl3N5O3. The fourth-order valence-electron chi connectivity index (χ4n) is 4.35. The second kappa shape index (κ2) is 11.5. The van der Waals surface area contributed by atoms with Crippen LogP contribution in [0.3, 0.4) is 0 Å². The van der Waals surface area contributed by atoms with Crippen LogP contribution in [0, 0.1) is 0 Å². The minimum Gasteiger partial charge on any atom is -0.369 e. The first-order valence-corrected chi connectivity index (χ1v) is 12.5. The Morgan fingerprint density at radius 2 is 1.66 bits per heavy atom. The van der Waals surface area contributed by atoms with E-state index in [9.17, 15) is 14.4 Å². The van der Waals surface area contributed by atoms with Gasteiger partial charge in [-0.25, -0.2) is 0 Å². The fraction of sp³-hybridized carbons (Fsp3) is 0.375. The maximum absolute atomic E-state index is 13.2. The van der Waals surface area contributed by atoms with Gasteiger partial charge in [-0.2, -0.15) is 0 Å². The lowest BCUT2D eigenvalue weighted by Gasteiger charge is -2.39. The maximum Gasteiger partial charge on any atom is 0.243 e. The highest BCUT2D eigenvalue weighted by Gasteiger charge is 2.35. The van der Waals surface area contributed by atoms with Crippen molar-refractivity contribution in [3.8, 4) is 0 Å². The molecule has 4 rings (SSSR count). The van der Waals surface area contributed by atoms with E-state index < -0.39 is 11.9 Å². The molecule has 2 aromatic carbocycles. The van der Waals surface area contributed by atoms with E-state index in [4.69, 9.17) is 34.8 Å². The first-order chi connectivity index (χ1) is 16.8. The van der Waals surface area contributed by atoms with Crippen molar-refractivity contribution < 1.29 is 14.4 Å². The van der Waals surface area contributed by atoms with Crippen molar-refractivity contribution in [3.63, 3.8) is 0 Å². The Morgan fingerprint density at radius 3 is 2.34 bits per heavy atom. The number of hydrogen-bond donors (Lipinski definition) is 2. The predicted octanol–water partition coefficient (Wildman–Crippen LogP) is 3.12. The molecule has 0 aromatic heterocycles. The summed E-state index contributed by atoms with van der Waals surface area (Å²) >= 11 is 18.1. The Balaban J connectivity index is 1.33. The molecule has 0 spiro atoms. The van der Waals surface area contributed by atoms with Crippen molar-refractivity contribution in [2.24, 2.45) is 0 Å². The average Bonchev–Trinajstić information content (AvgIpc) is 2.80. The third kappa shape index (κ3) is 6.79. The molecule has 8 nitrogen and oxygen atoms in total. The Labute approximate surface area is 219 Å². The van der Waals surface area contributed by atoms with E-state index in [1.807, 2.05) is 24.3 Å². The van der Waals surface area contributed by atoms with Crippen LogP contribution in [-0.2, 0) is 14.4 Å². The summed E-state index contributed by atoms with van der Waals surface area (Å²) in [5.74, 6) is -0.910. The molecule has 2 aliphatic heterocycles. The SMILES string of the molecule is O=C(C[C@@H]1C(=O)NCCN1C(=O)CN1CCN(c2cccc(Cl)c2)CC1)Nc1cc(Cl)cc(Cl)c1. The lowest BCUT2D eigenvalue weighted by atomic mass is 10.1. The van der Waals surface area contributed by atoms with Crippen LogP contribution < -0.4 is 15.5 Å². The highest BCUT2D eigenvalue weighted by Crippen LogP contribution is 2.23. The number of nitrogens with one attached hydrogen (secondary N) is 2. The minimum absolute atomic E-state index is 0.162. The molecule has 0 radical (unpaired) electrons. The molecule has 0 aliphatic carbocycles. The van der Waals surface area contributed by atoms with Crippen LogP contribution in [0.5, 0.6) is 0 Å². The summed E-state index contributed by atoms with van der Waals surface area (Å²) in [6.45, 7) is 3.85. The molecule has 2 N–H and O–H groups in total. The number of carbonyl (C=O) groups is 3. The van der Waals surface area contributed by atoms with Gasteiger partial charge in [0.1, 0.15) is 6.04 Å². The largest absolute Gasteiger partial charge is 0.369 e. The number of nitrogens with zero attached hydrogens (tertiary/aromatic N) is 3. The fourth-order valence-corrected chi connectivity index (χ4v) is 5.06. The molecule has 2 saturated heterocycles. The Hall–Kier alpha value is -2.52. The van der Waals surface area contributed by atoms with Crippen molar-refractivity contribution in [3.05, 3.63) is 57.5 Å². The minimum atomic E-state index is -0.876. The van der Waals surface area contributed by atoms with Gasteiger partial charge in [0.15, 0.2) is 0 Å². The first-order valence-electron chi connectivity index (χ1n) is 11.3. The van der Waals surface area contributed by atoms with E-state index in [1.54, 1.807) is 18.2 Å². The third-order valence-electron chi connectivity index (χ3n) is 6.08. The molecular weight excluding hydrogens is 513 g/mol. The van der Waals surface area contributed by atoms with E-state index in [2.05, 4.69) is 20.4 Å². The van der Waals surface area contributed by atoms with E-state index in [0.29, 0.717) is 46.9 Å². The topological polar surface area (TPSA) is 85.0 Å². The zero-order chi connectivity index (χ0) is 24.9. The van der Waals surface area contributed by atoms with Gasteiger partial charge in [-0.05, 0) is 36.4 Å². The van der Waals surface area contributed by atoms with Gasteiger partial charge < -0.3 is 20.4 Å². The van der Waals surface area contributed by atoms with Gasteiger partial charge in [-0.15, -0.1) is 0 Å². The van der Waals surface area contributed by atoms with Gasteiger partial charge in [-0.1, -0.05) is 40.9 Å². The zero-order valence-electron chi connectivity index (χ0n) is 19.0. The highest BCUT2D eigenvalue weighted by molar-refractivity contribution is 6.35. The van der Waals surface area contributed by atoms with Crippen LogP contribution in [0.4, 0.5) is 11.4 Å². The molecule has 2 heterocycles. The molecule has 2 aliphatic rings. The van der Waals surface area contributed by atoms with Crippen molar-refractivity contribution in [1.82, 2.24) is 15.1 Å². The monoisotopic (exact) mass is 537 g/mol. The van der Waals surface area contributed by atoms with Crippen LogP contribution in [0.1, 0.15) is 6.42 Å². The van der Waals surface area contributed by atoms with Crippen molar-refractivity contribution >= 4 is 63.9 Å². The molecule has 3 amide bonds.